The van der Waals surface area contributed by atoms with E-state index in [1.165, 1.54) is 25.7 Å². The molecule has 0 aromatic rings. The van der Waals surface area contributed by atoms with Crippen LogP contribution in [0, 0.1) is 5.92 Å². The van der Waals surface area contributed by atoms with E-state index in [2.05, 4.69) is 13.8 Å². The van der Waals surface area contributed by atoms with E-state index in [1.54, 1.807) is 21.3 Å². The molecule has 0 heterocycles. The lowest BCUT2D eigenvalue weighted by Gasteiger charge is -2.26. The lowest BCUT2D eigenvalue weighted by Crippen LogP contribution is -2.43. The van der Waals surface area contributed by atoms with Crippen molar-refractivity contribution < 1.29 is 13.3 Å². The van der Waals surface area contributed by atoms with Gasteiger partial charge < -0.3 is 13.3 Å². The highest BCUT2D eigenvalue weighted by Crippen LogP contribution is 2.24. The van der Waals surface area contributed by atoms with E-state index in [4.69, 9.17) is 13.3 Å². The minimum atomic E-state index is -2.34. The average Bonchev–Trinajstić information content (AvgIpc) is 2.32. The molecule has 0 aromatic heterocycles. The van der Waals surface area contributed by atoms with Crippen molar-refractivity contribution in [2.24, 2.45) is 5.92 Å². The van der Waals surface area contributed by atoms with Gasteiger partial charge in [0.1, 0.15) is 0 Å². The third-order valence-electron chi connectivity index (χ3n) is 3.19. The van der Waals surface area contributed by atoms with Crippen LogP contribution in [-0.2, 0) is 13.3 Å². The van der Waals surface area contributed by atoms with Gasteiger partial charge in [-0.05, 0) is 12.3 Å². The first-order valence-electron chi connectivity index (χ1n) is 6.33. The van der Waals surface area contributed by atoms with Crippen LogP contribution in [0.3, 0.4) is 0 Å². The van der Waals surface area contributed by atoms with Crippen molar-refractivity contribution in [3.8, 4) is 0 Å². The summed E-state index contributed by atoms with van der Waals surface area (Å²) in [5.41, 5.74) is 0. The van der Waals surface area contributed by atoms with E-state index in [0.29, 0.717) is 0 Å². The lowest BCUT2D eigenvalue weighted by atomic mass is 9.96. The molecular formula is C12H28O3Si. The SMILES string of the molecule is CCCC(CCC)CC[Si](OC)(OC)OC. The Morgan fingerprint density at radius 1 is 0.812 bits per heavy atom. The van der Waals surface area contributed by atoms with Crippen molar-refractivity contribution >= 4 is 8.80 Å². The Balaban J connectivity index is 4.13. The van der Waals surface area contributed by atoms with Crippen molar-refractivity contribution in [2.75, 3.05) is 21.3 Å². The Labute approximate surface area is 102 Å². The molecule has 0 atom stereocenters. The standard InChI is InChI=1S/C12H28O3Si/c1-6-8-12(9-7-2)10-11-16(13-3,14-4)15-5/h12H,6-11H2,1-5H3. The van der Waals surface area contributed by atoms with Crippen LogP contribution in [0.5, 0.6) is 0 Å². The highest BCUT2D eigenvalue weighted by atomic mass is 28.4. The summed E-state index contributed by atoms with van der Waals surface area (Å²) in [6.45, 7) is 4.49. The van der Waals surface area contributed by atoms with Crippen molar-refractivity contribution in [3.05, 3.63) is 0 Å². The molecule has 0 unspecified atom stereocenters. The molecule has 98 valence electrons. The van der Waals surface area contributed by atoms with Gasteiger partial charge in [0.2, 0.25) is 0 Å². The molecule has 0 aromatic carbocycles. The molecule has 0 aliphatic rings. The van der Waals surface area contributed by atoms with E-state index in [-0.39, 0.29) is 0 Å². The van der Waals surface area contributed by atoms with Gasteiger partial charge in [-0.2, -0.15) is 0 Å². The van der Waals surface area contributed by atoms with Crippen LogP contribution >= 0.6 is 0 Å². The van der Waals surface area contributed by atoms with E-state index >= 15 is 0 Å². The summed E-state index contributed by atoms with van der Waals surface area (Å²) < 4.78 is 16.3. The van der Waals surface area contributed by atoms with Gasteiger partial charge in [0.05, 0.1) is 0 Å². The fourth-order valence-electron chi connectivity index (χ4n) is 2.19. The molecule has 0 aliphatic heterocycles. The van der Waals surface area contributed by atoms with Gasteiger partial charge in [-0.25, -0.2) is 0 Å². The Kier molecular flexibility index (Phi) is 9.22. The maximum absolute atomic E-state index is 5.44. The zero-order valence-corrected chi connectivity index (χ0v) is 12.5. The van der Waals surface area contributed by atoms with Gasteiger partial charge in [0.15, 0.2) is 0 Å². The summed E-state index contributed by atoms with van der Waals surface area (Å²) in [5, 5.41) is 0. The topological polar surface area (TPSA) is 27.7 Å². The highest BCUT2D eigenvalue weighted by molar-refractivity contribution is 6.60. The first kappa shape index (κ1) is 16.1. The molecule has 0 fully saturated rings. The van der Waals surface area contributed by atoms with Crippen LogP contribution < -0.4 is 0 Å². The molecule has 0 saturated carbocycles. The van der Waals surface area contributed by atoms with Gasteiger partial charge in [-0.15, -0.1) is 0 Å². The molecule has 16 heavy (non-hydrogen) atoms. The first-order chi connectivity index (χ1) is 7.67. The van der Waals surface area contributed by atoms with Crippen LogP contribution in [0.15, 0.2) is 0 Å². The van der Waals surface area contributed by atoms with Gasteiger partial charge in [-0.1, -0.05) is 39.5 Å². The zero-order valence-electron chi connectivity index (χ0n) is 11.5. The zero-order chi connectivity index (χ0) is 12.4. The molecule has 0 rings (SSSR count). The normalized spacial score (nSPS) is 12.4. The second-order valence-electron chi connectivity index (χ2n) is 4.28. The molecule has 3 nitrogen and oxygen atoms in total. The third kappa shape index (κ3) is 5.43. The van der Waals surface area contributed by atoms with Crippen molar-refractivity contribution in [1.29, 1.82) is 0 Å². The minimum absolute atomic E-state index is 0.794. The largest absolute Gasteiger partial charge is 0.500 e. The first-order valence-corrected chi connectivity index (χ1v) is 8.26. The third-order valence-corrected chi connectivity index (χ3v) is 5.95. The fourth-order valence-corrected chi connectivity index (χ4v) is 4.06. The Morgan fingerprint density at radius 2 is 1.25 bits per heavy atom. The molecular weight excluding hydrogens is 220 g/mol. The molecule has 0 radical (unpaired) electrons. The second-order valence-corrected chi connectivity index (χ2v) is 7.37. The minimum Gasteiger partial charge on any atom is -0.377 e. The summed E-state index contributed by atoms with van der Waals surface area (Å²) in [7, 11) is 2.73. The van der Waals surface area contributed by atoms with Crippen LogP contribution in [0.25, 0.3) is 0 Å². The highest BCUT2D eigenvalue weighted by Gasteiger charge is 2.37. The Hall–Kier alpha value is 0.0969. The van der Waals surface area contributed by atoms with E-state index in [9.17, 15) is 0 Å². The maximum atomic E-state index is 5.44. The number of hydrogen-bond acceptors (Lipinski definition) is 3. The van der Waals surface area contributed by atoms with E-state index in [1.807, 2.05) is 0 Å². The lowest BCUT2D eigenvalue weighted by molar-refractivity contribution is 0.120. The van der Waals surface area contributed by atoms with Crippen molar-refractivity contribution in [2.45, 2.75) is 52.0 Å². The fraction of sp³-hybridized carbons (Fsp3) is 1.00. The number of rotatable bonds is 10. The molecule has 0 aliphatic carbocycles. The van der Waals surface area contributed by atoms with Crippen LogP contribution in [0.4, 0.5) is 0 Å². The van der Waals surface area contributed by atoms with Gasteiger partial charge >= 0.3 is 8.80 Å². The van der Waals surface area contributed by atoms with Gasteiger partial charge in [0, 0.05) is 27.4 Å². The predicted molar refractivity (Wildman–Crippen MR) is 69.5 cm³/mol. The summed E-state index contributed by atoms with van der Waals surface area (Å²) >= 11 is 0. The summed E-state index contributed by atoms with van der Waals surface area (Å²) in [6, 6.07) is 0.932. The van der Waals surface area contributed by atoms with Crippen LogP contribution in [0.1, 0.15) is 46.0 Å². The van der Waals surface area contributed by atoms with Crippen molar-refractivity contribution in [1.82, 2.24) is 0 Å². The summed E-state index contributed by atoms with van der Waals surface area (Å²) in [6.07, 6.45) is 6.27. The molecule has 0 amide bonds. The Bertz CT molecular complexity index is 146. The second kappa shape index (κ2) is 9.16. The molecule has 0 N–H and O–H groups in total. The van der Waals surface area contributed by atoms with Crippen LogP contribution in [0.2, 0.25) is 6.04 Å². The van der Waals surface area contributed by atoms with Gasteiger partial charge in [0.25, 0.3) is 0 Å². The molecule has 4 heteroatoms. The average molecular weight is 248 g/mol. The van der Waals surface area contributed by atoms with Crippen LogP contribution in [-0.4, -0.2) is 30.1 Å². The van der Waals surface area contributed by atoms with Gasteiger partial charge in [-0.3, -0.25) is 0 Å². The smallest absolute Gasteiger partial charge is 0.377 e. The maximum Gasteiger partial charge on any atom is 0.500 e. The van der Waals surface area contributed by atoms with E-state index in [0.717, 1.165) is 18.4 Å². The quantitative estimate of drug-likeness (QED) is 0.554. The summed E-state index contributed by atoms with van der Waals surface area (Å²) in [4.78, 5) is 0. The van der Waals surface area contributed by atoms with E-state index < -0.39 is 8.80 Å². The Morgan fingerprint density at radius 3 is 1.56 bits per heavy atom. The number of hydrogen-bond donors (Lipinski definition) is 0. The predicted octanol–water partition coefficient (Wildman–Crippen LogP) is 3.47. The molecule has 0 saturated heterocycles. The monoisotopic (exact) mass is 248 g/mol. The summed E-state index contributed by atoms with van der Waals surface area (Å²) in [5.74, 6) is 0.794. The van der Waals surface area contributed by atoms with Crippen molar-refractivity contribution in [3.63, 3.8) is 0 Å². The molecule has 0 spiro atoms. The molecule has 0 bridgehead atoms.